The van der Waals surface area contributed by atoms with E-state index in [0.717, 1.165) is 32.9 Å². The van der Waals surface area contributed by atoms with E-state index >= 15 is 0 Å². The zero-order valence-electron chi connectivity index (χ0n) is 16.9. The lowest BCUT2D eigenvalue weighted by Gasteiger charge is -2.09. The molecule has 0 saturated carbocycles. The predicted octanol–water partition coefficient (Wildman–Crippen LogP) is 5.01. The maximum Gasteiger partial charge on any atom is 0.341 e. The molecule has 1 aromatic heterocycles. The molecule has 3 aromatic rings. The number of hydrogen-bond acceptors (Lipinski definition) is 5. The van der Waals surface area contributed by atoms with Crippen LogP contribution in [0.25, 0.3) is 11.1 Å². The van der Waals surface area contributed by atoms with Crippen LogP contribution in [0.15, 0.2) is 48.5 Å². The van der Waals surface area contributed by atoms with Gasteiger partial charge in [0.05, 0.1) is 20.6 Å². The molecule has 6 heteroatoms. The standard InChI is InChI=1S/C23H23NO4S/c1-14-5-9-17(10-6-14)20-15(2)29-22(21(20)23(26)28-4)24-19(25)13-16-7-11-18(27-3)12-8-16/h5-12H,13H2,1-4H3,(H,24,25). The molecule has 0 fully saturated rings. The molecule has 0 saturated heterocycles. The summed E-state index contributed by atoms with van der Waals surface area (Å²) in [5, 5.41) is 3.40. The van der Waals surface area contributed by atoms with Crippen molar-refractivity contribution in [3.05, 3.63) is 70.1 Å². The third-order valence-corrected chi connectivity index (χ3v) is 5.61. The summed E-state index contributed by atoms with van der Waals surface area (Å²) in [6, 6.07) is 15.2. The van der Waals surface area contributed by atoms with Crippen molar-refractivity contribution >= 4 is 28.2 Å². The van der Waals surface area contributed by atoms with Gasteiger partial charge in [-0.05, 0) is 37.1 Å². The van der Waals surface area contributed by atoms with Crippen molar-refractivity contribution in [2.75, 3.05) is 19.5 Å². The molecule has 0 atom stereocenters. The Hall–Kier alpha value is -3.12. The number of rotatable bonds is 6. The average molecular weight is 410 g/mol. The van der Waals surface area contributed by atoms with Gasteiger partial charge in [0.2, 0.25) is 5.91 Å². The minimum Gasteiger partial charge on any atom is -0.497 e. The second-order valence-corrected chi connectivity index (χ2v) is 7.89. The van der Waals surface area contributed by atoms with E-state index in [4.69, 9.17) is 9.47 Å². The Labute approximate surface area is 174 Å². The van der Waals surface area contributed by atoms with Crippen LogP contribution in [0.4, 0.5) is 5.00 Å². The van der Waals surface area contributed by atoms with E-state index in [9.17, 15) is 9.59 Å². The van der Waals surface area contributed by atoms with Crippen LogP contribution in [0.2, 0.25) is 0 Å². The highest BCUT2D eigenvalue weighted by Gasteiger charge is 2.25. The first kappa shape index (κ1) is 20.6. The molecule has 0 bridgehead atoms. The van der Waals surface area contributed by atoms with Crippen molar-refractivity contribution in [2.45, 2.75) is 20.3 Å². The summed E-state index contributed by atoms with van der Waals surface area (Å²) in [4.78, 5) is 26.1. The van der Waals surface area contributed by atoms with Crippen LogP contribution < -0.4 is 10.1 Å². The van der Waals surface area contributed by atoms with Crippen LogP contribution in [-0.4, -0.2) is 26.1 Å². The lowest BCUT2D eigenvalue weighted by molar-refractivity contribution is -0.115. The summed E-state index contributed by atoms with van der Waals surface area (Å²) in [7, 11) is 2.94. The molecule has 5 nitrogen and oxygen atoms in total. The minimum atomic E-state index is -0.468. The summed E-state index contributed by atoms with van der Waals surface area (Å²) < 4.78 is 10.1. The normalized spacial score (nSPS) is 10.5. The van der Waals surface area contributed by atoms with Crippen LogP contribution in [0, 0.1) is 13.8 Å². The lowest BCUT2D eigenvalue weighted by atomic mass is 10.0. The summed E-state index contributed by atoms with van der Waals surface area (Å²) >= 11 is 1.38. The molecule has 29 heavy (non-hydrogen) atoms. The molecule has 1 amide bonds. The molecule has 150 valence electrons. The van der Waals surface area contributed by atoms with E-state index in [-0.39, 0.29) is 12.3 Å². The predicted molar refractivity (Wildman–Crippen MR) is 116 cm³/mol. The third-order valence-electron chi connectivity index (χ3n) is 4.59. The van der Waals surface area contributed by atoms with Crippen LogP contribution >= 0.6 is 11.3 Å². The number of aryl methyl sites for hydroxylation is 2. The van der Waals surface area contributed by atoms with Crippen molar-refractivity contribution in [1.29, 1.82) is 0 Å². The van der Waals surface area contributed by atoms with Gasteiger partial charge in [0.25, 0.3) is 0 Å². The van der Waals surface area contributed by atoms with Crippen molar-refractivity contribution in [1.82, 2.24) is 0 Å². The first-order valence-electron chi connectivity index (χ1n) is 9.14. The number of carbonyl (C=O) groups excluding carboxylic acids is 2. The van der Waals surface area contributed by atoms with Gasteiger partial charge in [0, 0.05) is 10.4 Å². The number of methoxy groups -OCH3 is 2. The highest BCUT2D eigenvalue weighted by Crippen LogP contribution is 2.40. The molecule has 1 heterocycles. The molecule has 0 aliphatic carbocycles. The van der Waals surface area contributed by atoms with Crippen molar-refractivity contribution in [2.24, 2.45) is 0 Å². The Bertz CT molecular complexity index is 1020. The maximum absolute atomic E-state index is 12.6. The van der Waals surface area contributed by atoms with Crippen LogP contribution in [-0.2, 0) is 16.0 Å². The Morgan fingerprint density at radius 2 is 1.62 bits per heavy atom. The topological polar surface area (TPSA) is 64.6 Å². The molecule has 3 rings (SSSR count). The molecule has 0 unspecified atom stereocenters. The van der Waals surface area contributed by atoms with Crippen LogP contribution in [0.3, 0.4) is 0 Å². The highest BCUT2D eigenvalue weighted by molar-refractivity contribution is 7.17. The Balaban J connectivity index is 1.90. The van der Waals surface area contributed by atoms with Gasteiger partial charge in [-0.15, -0.1) is 11.3 Å². The average Bonchev–Trinajstić information content (AvgIpc) is 3.04. The van der Waals surface area contributed by atoms with E-state index in [1.807, 2.05) is 62.4 Å². The van der Waals surface area contributed by atoms with Gasteiger partial charge >= 0.3 is 5.97 Å². The van der Waals surface area contributed by atoms with Gasteiger partial charge in [-0.2, -0.15) is 0 Å². The van der Waals surface area contributed by atoms with Gasteiger partial charge in [-0.25, -0.2) is 4.79 Å². The number of thiophene rings is 1. The first-order valence-corrected chi connectivity index (χ1v) is 9.96. The van der Waals surface area contributed by atoms with Gasteiger partial charge in [-0.1, -0.05) is 42.0 Å². The van der Waals surface area contributed by atoms with Crippen LogP contribution in [0.1, 0.15) is 26.4 Å². The Morgan fingerprint density at radius 3 is 2.21 bits per heavy atom. The molecular formula is C23H23NO4S. The van der Waals surface area contributed by atoms with E-state index in [1.165, 1.54) is 18.4 Å². The fourth-order valence-electron chi connectivity index (χ4n) is 3.10. The van der Waals surface area contributed by atoms with Crippen molar-refractivity contribution in [3.8, 4) is 16.9 Å². The smallest absolute Gasteiger partial charge is 0.341 e. The van der Waals surface area contributed by atoms with Gasteiger partial charge in [0.15, 0.2) is 0 Å². The highest BCUT2D eigenvalue weighted by atomic mass is 32.1. The zero-order chi connectivity index (χ0) is 21.0. The fraction of sp³-hybridized carbons (Fsp3) is 0.217. The Morgan fingerprint density at radius 1 is 0.966 bits per heavy atom. The van der Waals surface area contributed by atoms with Crippen LogP contribution in [0.5, 0.6) is 5.75 Å². The summed E-state index contributed by atoms with van der Waals surface area (Å²) in [6.07, 6.45) is 0.196. The third kappa shape index (κ3) is 4.66. The summed E-state index contributed by atoms with van der Waals surface area (Å²) in [5.41, 5.74) is 4.09. The largest absolute Gasteiger partial charge is 0.497 e. The molecule has 1 N–H and O–H groups in total. The number of nitrogens with one attached hydrogen (secondary N) is 1. The van der Waals surface area contributed by atoms with E-state index in [2.05, 4.69) is 5.32 Å². The van der Waals surface area contributed by atoms with E-state index in [0.29, 0.717) is 10.6 Å². The number of ether oxygens (including phenoxy) is 2. The molecular weight excluding hydrogens is 386 g/mol. The quantitative estimate of drug-likeness (QED) is 0.582. The Kier molecular flexibility index (Phi) is 6.34. The van der Waals surface area contributed by atoms with Gasteiger partial charge in [0.1, 0.15) is 16.3 Å². The molecule has 0 spiro atoms. The molecule has 0 radical (unpaired) electrons. The second kappa shape index (κ2) is 8.92. The van der Waals surface area contributed by atoms with E-state index in [1.54, 1.807) is 7.11 Å². The zero-order valence-corrected chi connectivity index (χ0v) is 17.7. The van der Waals surface area contributed by atoms with Gasteiger partial charge < -0.3 is 14.8 Å². The number of anilines is 1. The number of benzene rings is 2. The number of carbonyl (C=O) groups is 2. The van der Waals surface area contributed by atoms with Gasteiger partial charge in [-0.3, -0.25) is 4.79 Å². The lowest BCUT2D eigenvalue weighted by Crippen LogP contribution is -2.16. The second-order valence-electron chi connectivity index (χ2n) is 6.67. The maximum atomic E-state index is 12.6. The summed E-state index contributed by atoms with van der Waals surface area (Å²) in [6.45, 7) is 3.95. The SMILES string of the molecule is COC(=O)c1c(NC(=O)Cc2ccc(OC)cc2)sc(C)c1-c1ccc(C)cc1. The molecule has 2 aromatic carbocycles. The number of amides is 1. The monoisotopic (exact) mass is 409 g/mol. The molecule has 0 aliphatic rings. The van der Waals surface area contributed by atoms with Crippen molar-refractivity contribution < 1.29 is 19.1 Å². The first-order chi connectivity index (χ1) is 13.9. The summed E-state index contributed by atoms with van der Waals surface area (Å²) in [5.74, 6) is 0.0699. The minimum absolute atomic E-state index is 0.196. The van der Waals surface area contributed by atoms with E-state index < -0.39 is 5.97 Å². The molecule has 0 aliphatic heterocycles. The van der Waals surface area contributed by atoms with Crippen molar-refractivity contribution in [3.63, 3.8) is 0 Å². The fourth-order valence-corrected chi connectivity index (χ4v) is 4.18. The number of esters is 1. The number of hydrogen-bond donors (Lipinski definition) is 1.